The van der Waals surface area contributed by atoms with Gasteiger partial charge in [0.25, 0.3) is 0 Å². The van der Waals surface area contributed by atoms with Crippen LogP contribution < -0.4 is 0 Å². The monoisotopic (exact) mass is 377 g/mol. The van der Waals surface area contributed by atoms with E-state index in [1.807, 2.05) is 19.2 Å². The first-order chi connectivity index (χ1) is 12.7. The van der Waals surface area contributed by atoms with Gasteiger partial charge < -0.3 is 0 Å². The number of rotatable bonds is 5. The second-order valence-electron chi connectivity index (χ2n) is 7.13. The number of halogens is 1. The Morgan fingerprint density at radius 3 is 2.26 bits per heavy atom. The summed E-state index contributed by atoms with van der Waals surface area (Å²) in [5.74, 6) is 0. The molecule has 0 aliphatic carbocycles. The standard InChI is InChI=1S/C25H28ClN/c1-9-20-13-21(11-10-16(20)4)19(7)23(15(2)3)24-22(14-27-8)17(5)12-18(6)25(24)26/h9-14H,1,7H2,2-6,8H3. The van der Waals surface area contributed by atoms with Crippen molar-refractivity contribution in [2.45, 2.75) is 34.6 Å². The third-order valence-electron chi connectivity index (χ3n) is 4.85. The minimum atomic E-state index is 0.754. The first kappa shape index (κ1) is 20.9. The van der Waals surface area contributed by atoms with Gasteiger partial charge in [0.1, 0.15) is 0 Å². The van der Waals surface area contributed by atoms with E-state index >= 15 is 0 Å². The first-order valence-corrected chi connectivity index (χ1v) is 9.43. The molecule has 0 fully saturated rings. The fourth-order valence-corrected chi connectivity index (χ4v) is 3.66. The highest BCUT2D eigenvalue weighted by Crippen LogP contribution is 2.40. The van der Waals surface area contributed by atoms with Gasteiger partial charge in [-0.1, -0.05) is 54.6 Å². The quantitative estimate of drug-likeness (QED) is 0.378. The van der Waals surface area contributed by atoms with Crippen LogP contribution in [0, 0.1) is 20.8 Å². The van der Waals surface area contributed by atoms with Gasteiger partial charge in [0.2, 0.25) is 0 Å². The third-order valence-corrected chi connectivity index (χ3v) is 5.34. The maximum Gasteiger partial charge on any atom is 0.0520 e. The SMILES string of the molecule is C=Cc1cc(C(=C)C(=C(C)C)c2c(Cl)c(C)cc(C)c2C=NC)ccc1C. The van der Waals surface area contributed by atoms with Gasteiger partial charge in [-0.2, -0.15) is 0 Å². The Kier molecular flexibility index (Phi) is 6.62. The van der Waals surface area contributed by atoms with Crippen LogP contribution in [-0.4, -0.2) is 13.3 Å². The van der Waals surface area contributed by atoms with Crippen molar-refractivity contribution >= 4 is 35.0 Å². The van der Waals surface area contributed by atoms with Crippen molar-refractivity contribution in [1.29, 1.82) is 0 Å². The molecule has 0 saturated carbocycles. The second kappa shape index (κ2) is 8.54. The molecule has 0 bridgehead atoms. The van der Waals surface area contributed by atoms with E-state index in [1.54, 1.807) is 7.05 Å². The Balaban J connectivity index is 2.80. The molecule has 0 N–H and O–H groups in total. The van der Waals surface area contributed by atoms with Gasteiger partial charge in [-0.25, -0.2) is 0 Å². The Morgan fingerprint density at radius 2 is 1.70 bits per heavy atom. The van der Waals surface area contributed by atoms with Crippen LogP contribution in [0.15, 0.2) is 48.0 Å². The van der Waals surface area contributed by atoms with Crippen LogP contribution in [0.4, 0.5) is 0 Å². The van der Waals surface area contributed by atoms with Crippen molar-refractivity contribution in [3.63, 3.8) is 0 Å². The van der Waals surface area contributed by atoms with E-state index in [4.69, 9.17) is 11.6 Å². The molecule has 1 nitrogen and oxygen atoms in total. The molecule has 2 rings (SSSR count). The van der Waals surface area contributed by atoms with Gasteiger partial charge >= 0.3 is 0 Å². The number of nitrogens with zero attached hydrogens (tertiary/aromatic N) is 1. The van der Waals surface area contributed by atoms with E-state index in [2.05, 4.69) is 70.1 Å². The maximum absolute atomic E-state index is 6.81. The summed E-state index contributed by atoms with van der Waals surface area (Å²) in [6.07, 6.45) is 3.77. The topological polar surface area (TPSA) is 12.4 Å². The van der Waals surface area contributed by atoms with Crippen LogP contribution in [0.1, 0.15) is 52.8 Å². The number of benzene rings is 2. The van der Waals surface area contributed by atoms with E-state index in [0.29, 0.717) is 0 Å². The molecule has 2 heteroatoms. The highest BCUT2D eigenvalue weighted by molar-refractivity contribution is 6.35. The highest BCUT2D eigenvalue weighted by Gasteiger charge is 2.20. The molecule has 2 aromatic carbocycles. The Hall–Kier alpha value is -2.38. The van der Waals surface area contributed by atoms with Crippen LogP contribution >= 0.6 is 11.6 Å². The molecule has 0 spiro atoms. The van der Waals surface area contributed by atoms with Gasteiger partial charge in [-0.3, -0.25) is 4.99 Å². The van der Waals surface area contributed by atoms with Gasteiger partial charge in [-0.05, 0) is 79.6 Å². The van der Waals surface area contributed by atoms with Crippen molar-refractivity contribution in [2.75, 3.05) is 7.05 Å². The average molecular weight is 378 g/mol. The summed E-state index contributed by atoms with van der Waals surface area (Å²) in [7, 11) is 1.78. The molecule has 0 heterocycles. The molecule has 0 amide bonds. The van der Waals surface area contributed by atoms with Crippen LogP contribution in [0.5, 0.6) is 0 Å². The molecule has 140 valence electrons. The molecule has 2 aromatic rings. The number of hydrogen-bond acceptors (Lipinski definition) is 1. The summed E-state index contributed by atoms with van der Waals surface area (Å²) in [6, 6.07) is 8.46. The lowest BCUT2D eigenvalue weighted by atomic mass is 9.85. The molecule has 0 saturated heterocycles. The summed E-state index contributed by atoms with van der Waals surface area (Å²) in [6.45, 7) is 18.8. The smallest absolute Gasteiger partial charge is 0.0520 e. The summed E-state index contributed by atoms with van der Waals surface area (Å²) in [5, 5.41) is 0.754. The van der Waals surface area contributed by atoms with E-state index in [9.17, 15) is 0 Å². The Bertz CT molecular complexity index is 970. The lowest BCUT2D eigenvalue weighted by molar-refractivity contribution is 1.32. The molecule has 0 atom stereocenters. The minimum absolute atomic E-state index is 0.754. The predicted octanol–water partition coefficient (Wildman–Crippen LogP) is 7.46. The summed E-state index contributed by atoms with van der Waals surface area (Å²) >= 11 is 6.81. The molecular weight excluding hydrogens is 350 g/mol. The number of aliphatic imine (C=N–C) groups is 1. The van der Waals surface area contributed by atoms with Crippen molar-refractivity contribution in [2.24, 2.45) is 4.99 Å². The average Bonchev–Trinajstić information content (AvgIpc) is 2.62. The second-order valence-corrected chi connectivity index (χ2v) is 7.51. The largest absolute Gasteiger partial charge is 0.296 e. The van der Waals surface area contributed by atoms with Crippen molar-refractivity contribution in [3.05, 3.63) is 87.0 Å². The van der Waals surface area contributed by atoms with Crippen molar-refractivity contribution in [1.82, 2.24) is 0 Å². The molecule has 0 aliphatic rings. The maximum atomic E-state index is 6.81. The highest BCUT2D eigenvalue weighted by atomic mass is 35.5. The molecule has 0 radical (unpaired) electrons. The third kappa shape index (κ3) is 4.14. The van der Waals surface area contributed by atoms with Crippen LogP contribution in [0.3, 0.4) is 0 Å². The summed E-state index contributed by atoms with van der Waals surface area (Å²) in [5.41, 5.74) is 10.8. The Labute approximate surface area is 168 Å². The minimum Gasteiger partial charge on any atom is -0.296 e. The van der Waals surface area contributed by atoms with Crippen molar-refractivity contribution in [3.8, 4) is 0 Å². The predicted molar refractivity (Wildman–Crippen MR) is 123 cm³/mol. The molecule has 0 aromatic heterocycles. The molecular formula is C25H28ClN. The van der Waals surface area contributed by atoms with E-state index in [1.165, 1.54) is 11.1 Å². The van der Waals surface area contributed by atoms with Gasteiger partial charge in [0, 0.05) is 24.4 Å². The summed E-state index contributed by atoms with van der Waals surface area (Å²) < 4.78 is 0. The Morgan fingerprint density at radius 1 is 1.04 bits per heavy atom. The van der Waals surface area contributed by atoms with E-state index < -0.39 is 0 Å². The summed E-state index contributed by atoms with van der Waals surface area (Å²) in [4.78, 5) is 4.26. The fraction of sp³-hybridized carbons (Fsp3) is 0.240. The number of aryl methyl sites for hydroxylation is 3. The molecule has 0 unspecified atom stereocenters. The van der Waals surface area contributed by atoms with Crippen molar-refractivity contribution < 1.29 is 0 Å². The number of hydrogen-bond donors (Lipinski definition) is 0. The zero-order valence-corrected chi connectivity index (χ0v) is 18.0. The van der Waals surface area contributed by atoms with Crippen LogP contribution in [0.25, 0.3) is 17.2 Å². The first-order valence-electron chi connectivity index (χ1n) is 9.05. The zero-order valence-electron chi connectivity index (χ0n) is 17.2. The molecule has 27 heavy (non-hydrogen) atoms. The number of allylic oxidation sites excluding steroid dienone is 3. The molecule has 0 aliphatic heterocycles. The van der Waals surface area contributed by atoms with Crippen LogP contribution in [0.2, 0.25) is 5.02 Å². The van der Waals surface area contributed by atoms with Gasteiger partial charge in [0.05, 0.1) is 5.02 Å². The van der Waals surface area contributed by atoms with E-state index in [0.717, 1.165) is 49.5 Å². The lowest BCUT2D eigenvalue weighted by Crippen LogP contribution is -2.03. The zero-order chi connectivity index (χ0) is 20.3. The van der Waals surface area contributed by atoms with Crippen LogP contribution in [-0.2, 0) is 0 Å². The fourth-order valence-electron chi connectivity index (χ4n) is 3.41. The lowest BCUT2D eigenvalue weighted by Gasteiger charge is -2.21. The van der Waals surface area contributed by atoms with Gasteiger partial charge in [0.15, 0.2) is 0 Å². The normalized spacial score (nSPS) is 10.9. The van der Waals surface area contributed by atoms with E-state index in [-0.39, 0.29) is 0 Å². The van der Waals surface area contributed by atoms with Gasteiger partial charge in [-0.15, -0.1) is 0 Å².